The van der Waals surface area contributed by atoms with Gasteiger partial charge in [0.25, 0.3) is 0 Å². The van der Waals surface area contributed by atoms with Crippen molar-refractivity contribution in [3.8, 4) is 5.88 Å². The van der Waals surface area contributed by atoms with E-state index in [1.807, 2.05) is 42.5 Å². The van der Waals surface area contributed by atoms with Crippen molar-refractivity contribution < 1.29 is 9.47 Å². The number of rotatable bonds is 11. The molecule has 0 aliphatic heterocycles. The largest absolute Gasteiger partial charge is 0.473 e. The zero-order valence-corrected chi connectivity index (χ0v) is 19.9. The highest BCUT2D eigenvalue weighted by Crippen LogP contribution is 2.15. The predicted octanol–water partition coefficient (Wildman–Crippen LogP) is 4.01. The van der Waals surface area contributed by atoms with Crippen LogP contribution >= 0.6 is 24.0 Å². The van der Waals surface area contributed by atoms with Gasteiger partial charge in [-0.3, -0.25) is 4.99 Å². The summed E-state index contributed by atoms with van der Waals surface area (Å²) < 4.78 is 11.5. The molecule has 0 radical (unpaired) electrons. The number of aromatic nitrogens is 1. The monoisotopic (exact) mass is 512 g/mol. The van der Waals surface area contributed by atoms with Gasteiger partial charge in [0.05, 0.1) is 0 Å². The predicted molar refractivity (Wildman–Crippen MR) is 129 cm³/mol. The zero-order chi connectivity index (χ0) is 20.0. The van der Waals surface area contributed by atoms with E-state index in [4.69, 9.17) is 9.47 Å². The summed E-state index contributed by atoms with van der Waals surface area (Å²) in [5, 5.41) is 6.61. The van der Waals surface area contributed by atoms with Gasteiger partial charge in [-0.2, -0.15) is 0 Å². The summed E-state index contributed by atoms with van der Waals surface area (Å²) in [6, 6.07) is 14.0. The average molecular weight is 512 g/mol. The third kappa shape index (κ3) is 10.5. The number of pyridine rings is 1. The molecule has 0 unspecified atom stereocenters. The summed E-state index contributed by atoms with van der Waals surface area (Å²) in [7, 11) is 1.76. The van der Waals surface area contributed by atoms with Crippen LogP contribution in [0.2, 0.25) is 0 Å². The van der Waals surface area contributed by atoms with Crippen LogP contribution in [0.5, 0.6) is 5.88 Å². The first-order valence-electron chi connectivity index (χ1n) is 9.82. The Labute approximate surface area is 191 Å². The zero-order valence-electron chi connectivity index (χ0n) is 17.6. The van der Waals surface area contributed by atoms with Crippen LogP contribution in [0.15, 0.2) is 53.7 Å². The van der Waals surface area contributed by atoms with Crippen LogP contribution in [0, 0.1) is 5.92 Å². The van der Waals surface area contributed by atoms with Gasteiger partial charge in [-0.15, -0.1) is 24.0 Å². The van der Waals surface area contributed by atoms with Crippen molar-refractivity contribution in [3.05, 3.63) is 59.8 Å². The summed E-state index contributed by atoms with van der Waals surface area (Å²) in [4.78, 5) is 8.63. The van der Waals surface area contributed by atoms with E-state index >= 15 is 0 Å². The average Bonchev–Trinajstić information content (AvgIpc) is 2.72. The van der Waals surface area contributed by atoms with Crippen LogP contribution in [0.1, 0.15) is 31.4 Å². The Morgan fingerprint density at radius 2 is 1.90 bits per heavy atom. The SMILES string of the molecule is CN=C(NCCCOCC(C)C)NCc1cccnc1OCc1ccccc1.I. The lowest BCUT2D eigenvalue weighted by molar-refractivity contribution is 0.108. The summed E-state index contributed by atoms with van der Waals surface area (Å²) >= 11 is 0. The van der Waals surface area contributed by atoms with Crippen LogP contribution < -0.4 is 15.4 Å². The highest BCUT2D eigenvalue weighted by atomic mass is 127. The number of benzene rings is 1. The molecule has 0 amide bonds. The van der Waals surface area contributed by atoms with E-state index in [1.54, 1.807) is 13.2 Å². The molecular weight excluding hydrogens is 479 g/mol. The molecule has 1 aromatic carbocycles. The van der Waals surface area contributed by atoms with E-state index in [0.29, 0.717) is 24.9 Å². The molecule has 1 aromatic heterocycles. The van der Waals surface area contributed by atoms with Gasteiger partial charge in [0.15, 0.2) is 5.96 Å². The Bertz CT molecular complexity index is 711. The first-order valence-corrected chi connectivity index (χ1v) is 9.82. The second kappa shape index (κ2) is 15.0. The lowest BCUT2D eigenvalue weighted by Gasteiger charge is -2.14. The number of hydrogen-bond donors (Lipinski definition) is 2. The Morgan fingerprint density at radius 1 is 1.10 bits per heavy atom. The van der Waals surface area contributed by atoms with Crippen LogP contribution in [0.4, 0.5) is 0 Å². The molecule has 2 rings (SSSR count). The van der Waals surface area contributed by atoms with Gasteiger partial charge in [0.1, 0.15) is 6.61 Å². The first kappa shape index (κ1) is 25.2. The van der Waals surface area contributed by atoms with Crippen molar-refractivity contribution in [2.45, 2.75) is 33.4 Å². The maximum atomic E-state index is 5.91. The molecular formula is C22H33IN4O2. The molecule has 29 heavy (non-hydrogen) atoms. The smallest absolute Gasteiger partial charge is 0.218 e. The number of nitrogens with zero attached hydrogens (tertiary/aromatic N) is 2. The number of hydrogen-bond acceptors (Lipinski definition) is 4. The van der Waals surface area contributed by atoms with E-state index in [0.717, 1.165) is 43.3 Å². The molecule has 0 saturated carbocycles. The number of guanidine groups is 1. The molecule has 7 heteroatoms. The summed E-state index contributed by atoms with van der Waals surface area (Å²) in [6.07, 6.45) is 2.68. The van der Waals surface area contributed by atoms with Crippen molar-refractivity contribution in [2.24, 2.45) is 10.9 Å². The van der Waals surface area contributed by atoms with Gasteiger partial charge in [-0.1, -0.05) is 50.2 Å². The molecule has 0 fully saturated rings. The van der Waals surface area contributed by atoms with Gasteiger partial charge in [0.2, 0.25) is 5.88 Å². The molecule has 0 atom stereocenters. The minimum absolute atomic E-state index is 0. The van der Waals surface area contributed by atoms with Gasteiger partial charge in [-0.05, 0) is 24.0 Å². The molecule has 2 aromatic rings. The van der Waals surface area contributed by atoms with E-state index in [1.165, 1.54) is 0 Å². The van der Waals surface area contributed by atoms with Gasteiger partial charge < -0.3 is 20.1 Å². The highest BCUT2D eigenvalue weighted by molar-refractivity contribution is 14.0. The molecule has 160 valence electrons. The number of aliphatic imine (C=N–C) groups is 1. The summed E-state index contributed by atoms with van der Waals surface area (Å²) in [5.74, 6) is 1.96. The maximum Gasteiger partial charge on any atom is 0.218 e. The standard InChI is InChI=1S/C22H32N4O2.HI/c1-18(2)16-27-14-8-13-25-22(23-3)26-15-20-11-7-12-24-21(20)28-17-19-9-5-4-6-10-19;/h4-7,9-12,18H,8,13-17H2,1-3H3,(H2,23,25,26);1H. The molecule has 0 aliphatic carbocycles. The fourth-order valence-electron chi connectivity index (χ4n) is 2.51. The van der Waals surface area contributed by atoms with E-state index < -0.39 is 0 Å². The molecule has 0 bridgehead atoms. The normalized spacial score (nSPS) is 11.1. The van der Waals surface area contributed by atoms with Crippen LogP contribution in [0.3, 0.4) is 0 Å². The number of ether oxygens (including phenoxy) is 2. The quantitative estimate of drug-likeness (QED) is 0.206. The lowest BCUT2D eigenvalue weighted by Crippen LogP contribution is -2.37. The highest BCUT2D eigenvalue weighted by Gasteiger charge is 2.06. The van der Waals surface area contributed by atoms with E-state index in [9.17, 15) is 0 Å². The Hall–Kier alpha value is -1.87. The lowest BCUT2D eigenvalue weighted by atomic mass is 10.2. The molecule has 1 heterocycles. The van der Waals surface area contributed by atoms with Crippen LogP contribution in [0.25, 0.3) is 0 Å². The Kier molecular flexibility index (Phi) is 13.0. The topological polar surface area (TPSA) is 67.8 Å². The van der Waals surface area contributed by atoms with E-state index in [-0.39, 0.29) is 24.0 Å². The summed E-state index contributed by atoms with van der Waals surface area (Å²) in [6.45, 7) is 7.75. The molecule has 0 aliphatic rings. The molecule has 6 nitrogen and oxygen atoms in total. The third-order valence-electron chi connectivity index (χ3n) is 3.95. The maximum absolute atomic E-state index is 5.91. The number of nitrogens with one attached hydrogen (secondary N) is 2. The first-order chi connectivity index (χ1) is 13.7. The Balaban J connectivity index is 0.00000420. The van der Waals surface area contributed by atoms with Gasteiger partial charge in [-0.25, -0.2) is 4.98 Å². The second-order valence-corrected chi connectivity index (χ2v) is 6.92. The summed E-state index contributed by atoms with van der Waals surface area (Å²) in [5.41, 5.74) is 2.10. The van der Waals surface area contributed by atoms with Crippen LogP contribution in [-0.4, -0.2) is 37.7 Å². The van der Waals surface area contributed by atoms with Crippen molar-refractivity contribution in [2.75, 3.05) is 26.8 Å². The van der Waals surface area contributed by atoms with Crippen molar-refractivity contribution in [1.82, 2.24) is 15.6 Å². The van der Waals surface area contributed by atoms with Crippen molar-refractivity contribution in [1.29, 1.82) is 0 Å². The molecule has 0 spiro atoms. The fraction of sp³-hybridized carbons (Fsp3) is 0.455. The van der Waals surface area contributed by atoms with Gasteiger partial charge >= 0.3 is 0 Å². The van der Waals surface area contributed by atoms with Crippen molar-refractivity contribution in [3.63, 3.8) is 0 Å². The van der Waals surface area contributed by atoms with Gasteiger partial charge in [0, 0.05) is 45.1 Å². The Morgan fingerprint density at radius 3 is 2.62 bits per heavy atom. The molecule has 0 saturated heterocycles. The minimum Gasteiger partial charge on any atom is -0.473 e. The third-order valence-corrected chi connectivity index (χ3v) is 3.95. The minimum atomic E-state index is 0. The second-order valence-electron chi connectivity index (χ2n) is 6.92. The number of halogens is 1. The van der Waals surface area contributed by atoms with E-state index in [2.05, 4.69) is 34.5 Å². The van der Waals surface area contributed by atoms with Crippen LogP contribution in [-0.2, 0) is 17.9 Å². The molecule has 2 N–H and O–H groups in total. The fourth-order valence-corrected chi connectivity index (χ4v) is 2.51. The van der Waals surface area contributed by atoms with Crippen molar-refractivity contribution >= 4 is 29.9 Å².